The number of aromatic nitrogens is 3. The second kappa shape index (κ2) is 6.39. The van der Waals surface area contributed by atoms with Gasteiger partial charge in [0.15, 0.2) is 0 Å². The molecule has 1 fully saturated rings. The minimum atomic E-state index is 0.719. The fourth-order valence-electron chi connectivity index (χ4n) is 3.24. The van der Waals surface area contributed by atoms with Gasteiger partial charge in [0, 0.05) is 50.8 Å². The molecule has 0 aliphatic carbocycles. The molecular weight excluding hydrogens is 260 g/mol. The van der Waals surface area contributed by atoms with Crippen LogP contribution in [0.25, 0.3) is 0 Å². The summed E-state index contributed by atoms with van der Waals surface area (Å²) in [5.41, 5.74) is 2.51. The van der Waals surface area contributed by atoms with Gasteiger partial charge in [-0.2, -0.15) is 0 Å². The third-order valence-corrected chi connectivity index (χ3v) is 4.51. The van der Waals surface area contributed by atoms with Crippen molar-refractivity contribution in [1.29, 1.82) is 0 Å². The maximum absolute atomic E-state index is 4.47. The van der Waals surface area contributed by atoms with Crippen molar-refractivity contribution in [2.45, 2.75) is 32.7 Å². The van der Waals surface area contributed by atoms with E-state index in [1.807, 2.05) is 24.7 Å². The van der Waals surface area contributed by atoms with E-state index < -0.39 is 0 Å². The smallest absolute Gasteiger partial charge is 0.108 e. The summed E-state index contributed by atoms with van der Waals surface area (Å²) >= 11 is 0. The molecule has 3 rings (SSSR count). The van der Waals surface area contributed by atoms with Crippen molar-refractivity contribution in [2.24, 2.45) is 13.0 Å². The molecule has 2 aromatic heterocycles. The minimum absolute atomic E-state index is 0.719. The largest absolute Gasteiger partial charge is 0.338 e. The van der Waals surface area contributed by atoms with Gasteiger partial charge < -0.3 is 4.57 Å². The molecule has 0 saturated carbocycles. The highest BCUT2D eigenvalue weighted by Crippen LogP contribution is 2.22. The van der Waals surface area contributed by atoms with Crippen LogP contribution in [0.2, 0.25) is 0 Å². The first-order valence-corrected chi connectivity index (χ1v) is 7.81. The Morgan fingerprint density at radius 3 is 2.95 bits per heavy atom. The molecule has 0 aromatic carbocycles. The summed E-state index contributed by atoms with van der Waals surface area (Å²) in [6.45, 7) is 5.49. The Bertz CT molecular complexity index is 590. The first-order chi connectivity index (χ1) is 10.2. The molecule has 2 aromatic rings. The molecule has 4 heteroatoms. The minimum Gasteiger partial charge on any atom is -0.338 e. The summed E-state index contributed by atoms with van der Waals surface area (Å²) in [6, 6.07) is 4.24. The van der Waals surface area contributed by atoms with Crippen LogP contribution in [0, 0.1) is 12.8 Å². The van der Waals surface area contributed by atoms with E-state index in [2.05, 4.69) is 39.5 Å². The standard InChI is InChI=1S/C17H24N4/c1-14-16(6-3-7-18-14)13-21-9-4-5-15(12-21)11-17-19-8-10-20(17)2/h3,6-8,10,15H,4-5,9,11-13H2,1-2H3/t15-/m1/s1. The van der Waals surface area contributed by atoms with Gasteiger partial charge in [0.2, 0.25) is 0 Å². The molecule has 0 unspecified atom stereocenters. The molecule has 1 atom stereocenters. The second-order valence-electron chi connectivity index (χ2n) is 6.15. The molecule has 1 saturated heterocycles. The zero-order valence-corrected chi connectivity index (χ0v) is 13.0. The van der Waals surface area contributed by atoms with Gasteiger partial charge in [-0.3, -0.25) is 9.88 Å². The zero-order valence-electron chi connectivity index (χ0n) is 13.0. The number of aryl methyl sites for hydroxylation is 2. The first kappa shape index (κ1) is 14.3. The van der Waals surface area contributed by atoms with Crippen LogP contribution in [0.5, 0.6) is 0 Å². The Hall–Kier alpha value is -1.68. The second-order valence-corrected chi connectivity index (χ2v) is 6.15. The molecule has 0 bridgehead atoms. The Kier molecular flexibility index (Phi) is 4.34. The van der Waals surface area contributed by atoms with Gasteiger partial charge in [0.25, 0.3) is 0 Å². The number of pyridine rings is 1. The molecule has 0 radical (unpaired) electrons. The molecule has 3 heterocycles. The van der Waals surface area contributed by atoms with Crippen molar-refractivity contribution in [2.75, 3.05) is 13.1 Å². The van der Waals surface area contributed by atoms with Crippen LogP contribution in [0.3, 0.4) is 0 Å². The van der Waals surface area contributed by atoms with Crippen molar-refractivity contribution < 1.29 is 0 Å². The fourth-order valence-corrected chi connectivity index (χ4v) is 3.24. The topological polar surface area (TPSA) is 34.0 Å². The van der Waals surface area contributed by atoms with E-state index in [0.717, 1.165) is 24.6 Å². The number of imidazole rings is 1. The predicted molar refractivity (Wildman–Crippen MR) is 83.9 cm³/mol. The van der Waals surface area contributed by atoms with E-state index in [9.17, 15) is 0 Å². The van der Waals surface area contributed by atoms with Crippen molar-refractivity contribution >= 4 is 0 Å². The maximum atomic E-state index is 4.47. The predicted octanol–water partition coefficient (Wildman–Crippen LogP) is 2.58. The summed E-state index contributed by atoms with van der Waals surface area (Å²) in [5, 5.41) is 0. The molecular formula is C17H24N4. The first-order valence-electron chi connectivity index (χ1n) is 7.81. The molecule has 0 amide bonds. The summed E-state index contributed by atoms with van der Waals surface area (Å²) in [6.07, 6.45) is 9.50. The molecule has 1 aliphatic heterocycles. The summed E-state index contributed by atoms with van der Waals surface area (Å²) in [7, 11) is 2.09. The van der Waals surface area contributed by atoms with Crippen LogP contribution >= 0.6 is 0 Å². The van der Waals surface area contributed by atoms with Crippen molar-refractivity contribution in [3.8, 4) is 0 Å². The lowest BCUT2D eigenvalue weighted by molar-refractivity contribution is 0.165. The molecule has 21 heavy (non-hydrogen) atoms. The highest BCUT2D eigenvalue weighted by Gasteiger charge is 2.21. The number of rotatable bonds is 4. The van der Waals surface area contributed by atoms with Crippen molar-refractivity contribution in [1.82, 2.24) is 19.4 Å². The van der Waals surface area contributed by atoms with E-state index >= 15 is 0 Å². The van der Waals surface area contributed by atoms with Gasteiger partial charge in [-0.1, -0.05) is 6.07 Å². The van der Waals surface area contributed by atoms with Crippen LogP contribution in [-0.2, 0) is 20.0 Å². The van der Waals surface area contributed by atoms with Gasteiger partial charge in [-0.05, 0) is 43.9 Å². The summed E-state index contributed by atoms with van der Waals surface area (Å²) in [5.74, 6) is 1.93. The molecule has 0 spiro atoms. The molecule has 0 N–H and O–H groups in total. The summed E-state index contributed by atoms with van der Waals surface area (Å²) < 4.78 is 2.14. The Balaban J connectivity index is 1.61. The maximum Gasteiger partial charge on any atom is 0.108 e. The van der Waals surface area contributed by atoms with Crippen LogP contribution in [0.4, 0.5) is 0 Å². The fraction of sp³-hybridized carbons (Fsp3) is 0.529. The Morgan fingerprint density at radius 1 is 1.29 bits per heavy atom. The highest BCUT2D eigenvalue weighted by molar-refractivity contribution is 5.18. The lowest BCUT2D eigenvalue weighted by Crippen LogP contribution is -2.36. The average molecular weight is 284 g/mol. The number of hydrogen-bond acceptors (Lipinski definition) is 3. The summed E-state index contributed by atoms with van der Waals surface area (Å²) in [4.78, 5) is 11.4. The lowest BCUT2D eigenvalue weighted by atomic mass is 9.94. The number of likely N-dealkylation sites (tertiary alicyclic amines) is 1. The zero-order chi connectivity index (χ0) is 14.7. The van der Waals surface area contributed by atoms with Crippen LogP contribution in [0.1, 0.15) is 29.9 Å². The normalized spacial score (nSPS) is 19.8. The highest BCUT2D eigenvalue weighted by atomic mass is 15.1. The van der Waals surface area contributed by atoms with Gasteiger partial charge in [0.1, 0.15) is 5.82 Å². The van der Waals surface area contributed by atoms with Gasteiger partial charge >= 0.3 is 0 Å². The van der Waals surface area contributed by atoms with E-state index in [4.69, 9.17) is 0 Å². The lowest BCUT2D eigenvalue weighted by Gasteiger charge is -2.32. The van der Waals surface area contributed by atoms with Crippen molar-refractivity contribution in [3.05, 3.63) is 47.8 Å². The van der Waals surface area contributed by atoms with E-state index in [1.165, 1.54) is 37.3 Å². The third kappa shape index (κ3) is 3.50. The average Bonchev–Trinajstić information content (AvgIpc) is 2.87. The third-order valence-electron chi connectivity index (χ3n) is 4.51. The van der Waals surface area contributed by atoms with Crippen LogP contribution < -0.4 is 0 Å². The Labute approximate surface area is 126 Å². The van der Waals surface area contributed by atoms with E-state index in [0.29, 0.717) is 0 Å². The molecule has 4 nitrogen and oxygen atoms in total. The van der Waals surface area contributed by atoms with Crippen molar-refractivity contribution in [3.63, 3.8) is 0 Å². The van der Waals surface area contributed by atoms with Gasteiger partial charge in [0.05, 0.1) is 0 Å². The van der Waals surface area contributed by atoms with Crippen LogP contribution in [-0.4, -0.2) is 32.5 Å². The van der Waals surface area contributed by atoms with Crippen LogP contribution in [0.15, 0.2) is 30.7 Å². The van der Waals surface area contributed by atoms with E-state index in [1.54, 1.807) is 0 Å². The number of nitrogens with zero attached hydrogens (tertiary/aromatic N) is 4. The molecule has 112 valence electrons. The quantitative estimate of drug-likeness (QED) is 0.865. The van der Waals surface area contributed by atoms with Gasteiger partial charge in [-0.25, -0.2) is 4.98 Å². The SMILES string of the molecule is Cc1ncccc1CN1CCC[C@H](Cc2nccn2C)C1. The van der Waals surface area contributed by atoms with Gasteiger partial charge in [-0.15, -0.1) is 0 Å². The number of hydrogen-bond donors (Lipinski definition) is 0. The Morgan fingerprint density at radius 2 is 2.19 bits per heavy atom. The molecule has 1 aliphatic rings. The monoisotopic (exact) mass is 284 g/mol. The number of piperidine rings is 1. The van der Waals surface area contributed by atoms with E-state index in [-0.39, 0.29) is 0 Å².